The number of rotatable bonds is 7. The fraction of sp³-hybridized carbons (Fsp3) is 0.520. The summed E-state index contributed by atoms with van der Waals surface area (Å²) in [6, 6.07) is 10.5. The Morgan fingerprint density at radius 3 is 2.62 bits per heavy atom. The number of amidine groups is 1. The van der Waals surface area contributed by atoms with Crippen molar-refractivity contribution in [1.82, 2.24) is 15.6 Å². The molecule has 0 aromatic heterocycles. The van der Waals surface area contributed by atoms with Crippen molar-refractivity contribution in [1.29, 1.82) is 0 Å². The summed E-state index contributed by atoms with van der Waals surface area (Å²) < 4.78 is 26.8. The monoisotopic (exact) mass is 441 g/mol. The molecule has 0 amide bonds. The van der Waals surface area contributed by atoms with Gasteiger partial charge in [0, 0.05) is 44.1 Å². The van der Waals surface area contributed by atoms with Gasteiger partial charge >= 0.3 is 0 Å². The molecule has 2 unspecified atom stereocenters. The van der Waals surface area contributed by atoms with Gasteiger partial charge in [-0.3, -0.25) is 10.3 Å². The van der Waals surface area contributed by atoms with E-state index in [9.17, 15) is 8.78 Å². The second kappa shape index (κ2) is 9.53. The van der Waals surface area contributed by atoms with Gasteiger partial charge in [0.15, 0.2) is 0 Å². The predicted octanol–water partition coefficient (Wildman–Crippen LogP) is 4.55. The molecule has 1 saturated heterocycles. The fourth-order valence-electron chi connectivity index (χ4n) is 4.86. The highest BCUT2D eigenvalue weighted by molar-refractivity contribution is 6.06. The second-order valence-electron chi connectivity index (χ2n) is 9.39. The Labute approximate surface area is 189 Å². The highest BCUT2D eigenvalue weighted by Gasteiger charge is 2.36. The first kappa shape index (κ1) is 22.6. The summed E-state index contributed by atoms with van der Waals surface area (Å²) >= 11 is 0. The summed E-state index contributed by atoms with van der Waals surface area (Å²) in [5, 5.41) is 7.77. The molecule has 1 aliphatic carbocycles. The molecule has 0 bridgehead atoms. The average Bonchev–Trinajstić information content (AvgIpc) is 3.13. The van der Waals surface area contributed by atoms with Gasteiger partial charge in [-0.25, -0.2) is 13.8 Å². The van der Waals surface area contributed by atoms with Crippen molar-refractivity contribution in [2.45, 2.75) is 45.1 Å². The van der Waals surface area contributed by atoms with Crippen LogP contribution in [0.4, 0.5) is 8.78 Å². The van der Waals surface area contributed by atoms with E-state index in [0.29, 0.717) is 31.0 Å². The molecule has 0 spiro atoms. The van der Waals surface area contributed by atoms with Crippen LogP contribution in [0.1, 0.15) is 38.2 Å². The Morgan fingerprint density at radius 1 is 1.22 bits per heavy atom. The molecule has 0 radical (unpaired) electrons. The average molecular weight is 442 g/mol. The van der Waals surface area contributed by atoms with Crippen molar-refractivity contribution in [3.05, 3.63) is 60.4 Å². The summed E-state index contributed by atoms with van der Waals surface area (Å²) in [6.45, 7) is 13.7. The van der Waals surface area contributed by atoms with E-state index < -0.39 is 5.92 Å². The lowest BCUT2D eigenvalue weighted by Gasteiger charge is -2.30. The van der Waals surface area contributed by atoms with E-state index in [1.54, 1.807) is 0 Å². The number of allylic oxidation sites excluding steroid dienone is 1. The zero-order valence-electron chi connectivity index (χ0n) is 18.8. The van der Waals surface area contributed by atoms with Gasteiger partial charge in [-0.1, -0.05) is 50.4 Å². The lowest BCUT2D eigenvalue weighted by atomic mass is 9.85. The van der Waals surface area contributed by atoms with Gasteiger partial charge < -0.3 is 5.32 Å². The zero-order valence-corrected chi connectivity index (χ0v) is 18.8. The topological polar surface area (TPSA) is 52.0 Å². The van der Waals surface area contributed by atoms with E-state index in [1.165, 1.54) is 5.56 Å². The smallest absolute Gasteiger partial charge is 0.248 e. The Bertz CT molecular complexity index is 898. The van der Waals surface area contributed by atoms with Crippen LogP contribution < -0.4 is 10.7 Å². The Hall–Kier alpha value is -2.54. The number of alkyl halides is 2. The van der Waals surface area contributed by atoms with E-state index in [-0.39, 0.29) is 24.7 Å². The molecule has 1 aromatic rings. The Morgan fingerprint density at radius 2 is 1.94 bits per heavy atom. The normalized spacial score (nSPS) is 26.3. The second-order valence-corrected chi connectivity index (χ2v) is 9.39. The summed E-state index contributed by atoms with van der Waals surface area (Å²) in [5.74, 6) is -0.824. The quantitative estimate of drug-likeness (QED) is 0.653. The summed E-state index contributed by atoms with van der Waals surface area (Å²) in [7, 11) is 0. The number of halogens is 2. The van der Waals surface area contributed by atoms with Crippen molar-refractivity contribution in [3.63, 3.8) is 0 Å². The van der Waals surface area contributed by atoms with Crippen molar-refractivity contribution in [2.24, 2.45) is 27.8 Å². The minimum absolute atomic E-state index is 0.0674. The maximum atomic E-state index is 13.4. The lowest BCUT2D eigenvalue weighted by Crippen LogP contribution is -2.38. The van der Waals surface area contributed by atoms with E-state index >= 15 is 0 Å². The first-order valence-corrected chi connectivity index (χ1v) is 11.5. The molecular weight excluding hydrogens is 408 g/mol. The molecular formula is C25H33F2N5. The summed E-state index contributed by atoms with van der Waals surface area (Å²) in [4.78, 5) is 7.19. The minimum Gasteiger partial charge on any atom is -0.383 e. The maximum Gasteiger partial charge on any atom is 0.248 e. The molecule has 2 fully saturated rings. The zero-order chi connectivity index (χ0) is 22.7. The van der Waals surface area contributed by atoms with Crippen molar-refractivity contribution in [2.75, 3.05) is 19.6 Å². The van der Waals surface area contributed by atoms with Crippen LogP contribution in [-0.4, -0.2) is 42.0 Å². The third-order valence-electron chi connectivity index (χ3n) is 6.87. The molecule has 2 aliphatic heterocycles. The predicted molar refractivity (Wildman–Crippen MR) is 126 cm³/mol. The van der Waals surface area contributed by atoms with E-state index in [0.717, 1.165) is 36.9 Å². The first-order valence-electron chi connectivity index (χ1n) is 11.5. The number of nitrogens with zero attached hydrogens (tertiary/aromatic N) is 3. The Kier molecular flexibility index (Phi) is 6.74. The number of hydrogen-bond acceptors (Lipinski definition) is 5. The summed E-state index contributed by atoms with van der Waals surface area (Å²) in [5.41, 5.74) is 6.63. The van der Waals surface area contributed by atoms with Crippen LogP contribution in [0.25, 0.3) is 0 Å². The number of likely N-dealkylation sites (tertiary alicyclic amines) is 1. The molecule has 5 nitrogen and oxygen atoms in total. The highest BCUT2D eigenvalue weighted by atomic mass is 19.3. The van der Waals surface area contributed by atoms with Gasteiger partial charge in [-0.15, -0.1) is 0 Å². The van der Waals surface area contributed by atoms with E-state index in [4.69, 9.17) is 4.99 Å². The van der Waals surface area contributed by atoms with Crippen molar-refractivity contribution in [3.8, 4) is 0 Å². The van der Waals surface area contributed by atoms with Crippen molar-refractivity contribution < 1.29 is 8.78 Å². The van der Waals surface area contributed by atoms with Crippen LogP contribution in [-0.2, 0) is 6.54 Å². The maximum absolute atomic E-state index is 13.4. The van der Waals surface area contributed by atoms with Crippen LogP contribution in [0.2, 0.25) is 0 Å². The molecule has 2 N–H and O–H groups in total. The van der Waals surface area contributed by atoms with Gasteiger partial charge in [-0.05, 0) is 30.2 Å². The standard InChI is InChI=1S/C25H33F2N5/c1-17-14-32(15-20-7-5-4-6-8-20)16-22(17)24-29-19(3)23(30-31-24)13-28-18(2)21-9-11-25(26,27)12-10-21/h4-8,17,21-22,28H,2-3,9-16H2,1H3,(H,29,31). The molecule has 1 aromatic carbocycles. The number of benzene rings is 1. The van der Waals surface area contributed by atoms with Gasteiger partial charge in [-0.2, -0.15) is 5.10 Å². The number of hydrazone groups is 1. The van der Waals surface area contributed by atoms with Crippen LogP contribution >= 0.6 is 0 Å². The lowest BCUT2D eigenvalue weighted by molar-refractivity contribution is -0.0425. The van der Waals surface area contributed by atoms with Crippen LogP contribution in [0.15, 0.2) is 65.0 Å². The third-order valence-corrected chi connectivity index (χ3v) is 6.87. The largest absolute Gasteiger partial charge is 0.383 e. The Balaban J connectivity index is 1.27. The molecule has 2 heterocycles. The molecule has 1 saturated carbocycles. The van der Waals surface area contributed by atoms with Crippen LogP contribution in [0, 0.1) is 17.8 Å². The highest BCUT2D eigenvalue weighted by Crippen LogP contribution is 2.38. The summed E-state index contributed by atoms with van der Waals surface area (Å²) in [6.07, 6.45) is 0.794. The fourth-order valence-corrected chi connectivity index (χ4v) is 4.86. The van der Waals surface area contributed by atoms with Crippen LogP contribution in [0.3, 0.4) is 0 Å². The van der Waals surface area contributed by atoms with Gasteiger partial charge in [0.2, 0.25) is 5.92 Å². The van der Waals surface area contributed by atoms with Gasteiger partial charge in [0.05, 0.1) is 12.2 Å². The molecule has 7 heteroatoms. The number of aliphatic imine (C=N–C) groups is 1. The molecule has 4 rings (SSSR count). The molecule has 3 aliphatic rings. The van der Waals surface area contributed by atoms with Crippen LogP contribution in [0.5, 0.6) is 0 Å². The molecule has 172 valence electrons. The number of hydrogen-bond donors (Lipinski definition) is 2. The van der Waals surface area contributed by atoms with Gasteiger partial charge in [0.25, 0.3) is 0 Å². The molecule has 2 atom stereocenters. The minimum atomic E-state index is -2.53. The van der Waals surface area contributed by atoms with Gasteiger partial charge in [0.1, 0.15) is 11.5 Å². The molecule has 32 heavy (non-hydrogen) atoms. The third kappa shape index (κ3) is 5.44. The van der Waals surface area contributed by atoms with E-state index in [2.05, 4.69) is 65.1 Å². The van der Waals surface area contributed by atoms with Crippen molar-refractivity contribution >= 4 is 11.5 Å². The van der Waals surface area contributed by atoms with E-state index in [1.807, 2.05) is 6.07 Å². The SMILES string of the molecule is C=C1N=C(C2CN(Cc3ccccc3)CC2C)NN=C1CNC(=C)C1CCC(F)(F)CC1. The number of nitrogens with one attached hydrogen (secondary N) is 2. The first-order chi connectivity index (χ1) is 15.3.